The second-order valence-corrected chi connectivity index (χ2v) is 18.4. The molecule has 3 aromatic carbocycles. The van der Waals surface area contributed by atoms with Crippen molar-refractivity contribution in [3.63, 3.8) is 0 Å². The zero-order valence-electron chi connectivity index (χ0n) is 37.8. The van der Waals surface area contributed by atoms with Crippen molar-refractivity contribution in [1.29, 1.82) is 0 Å². The van der Waals surface area contributed by atoms with E-state index in [1.54, 1.807) is 48.8 Å². The Bertz CT molecular complexity index is 2970. The number of carbonyl (C=O) groups excluding carboxylic acids is 6. The molecule has 0 radical (unpaired) electrons. The van der Waals surface area contributed by atoms with Crippen LogP contribution in [0, 0.1) is 5.92 Å². The molecule has 1 unspecified atom stereocenters. The third-order valence-electron chi connectivity index (χ3n) is 13.5. The molecule has 1 saturated carbocycles. The number of hydrogen-bond acceptors (Lipinski definition) is 13. The average molecular weight is 949 g/mol. The van der Waals surface area contributed by atoms with Crippen LogP contribution in [0.2, 0.25) is 5.02 Å². The summed E-state index contributed by atoms with van der Waals surface area (Å²) in [7, 11) is 0. The quantitative estimate of drug-likeness (QED) is 0.0509. The van der Waals surface area contributed by atoms with E-state index in [0.29, 0.717) is 71.1 Å². The van der Waals surface area contributed by atoms with Crippen molar-refractivity contribution in [2.75, 3.05) is 57.3 Å². The number of piperazine rings is 1. The molecule has 4 aliphatic rings. The molecule has 352 valence electrons. The van der Waals surface area contributed by atoms with Crippen LogP contribution < -0.4 is 14.4 Å². The average Bonchev–Trinajstić information content (AvgIpc) is 3.91. The summed E-state index contributed by atoms with van der Waals surface area (Å²) in [4.78, 5) is 103. The van der Waals surface area contributed by atoms with Crippen molar-refractivity contribution in [3.8, 4) is 17.2 Å². The highest BCUT2D eigenvalue weighted by Gasteiger charge is 2.44. The number of rotatable bonds is 14. The molecule has 10 rings (SSSR count). The van der Waals surface area contributed by atoms with Crippen LogP contribution in [0.1, 0.15) is 91.2 Å². The number of anilines is 1. The summed E-state index contributed by atoms with van der Waals surface area (Å²) in [5.74, 6) is 0.661. The molecule has 69 heavy (non-hydrogen) atoms. The van der Waals surface area contributed by atoms with Crippen LogP contribution in [-0.2, 0) is 16.0 Å². The van der Waals surface area contributed by atoms with E-state index < -0.39 is 23.6 Å². The van der Waals surface area contributed by atoms with E-state index in [1.165, 1.54) is 6.33 Å². The van der Waals surface area contributed by atoms with Gasteiger partial charge in [0.25, 0.3) is 17.7 Å². The Morgan fingerprint density at radius 2 is 1.61 bits per heavy atom. The summed E-state index contributed by atoms with van der Waals surface area (Å²) in [6, 6.07) is 22.0. The number of H-pyrrole nitrogens is 1. The molecule has 6 aromatic rings. The number of nitrogens with zero attached hydrogens (tertiary/aromatic N) is 7. The molecule has 3 aliphatic heterocycles. The largest absolute Gasteiger partial charge is 0.494 e. The van der Waals surface area contributed by atoms with Gasteiger partial charge in [0.15, 0.2) is 11.6 Å². The lowest BCUT2D eigenvalue weighted by atomic mass is 9.91. The van der Waals surface area contributed by atoms with Gasteiger partial charge in [-0.2, -0.15) is 0 Å². The van der Waals surface area contributed by atoms with Gasteiger partial charge in [-0.05, 0) is 92.6 Å². The first-order valence-electron chi connectivity index (χ1n) is 23.4. The lowest BCUT2D eigenvalue weighted by Crippen LogP contribution is -2.47. The van der Waals surface area contributed by atoms with Gasteiger partial charge >= 0.3 is 0 Å². The Morgan fingerprint density at radius 3 is 2.39 bits per heavy atom. The number of likely N-dealkylation sites (tertiary alicyclic amines) is 1. The molecule has 3 fully saturated rings. The normalized spacial score (nSPS) is 18.8. The van der Waals surface area contributed by atoms with Crippen LogP contribution in [0.5, 0.6) is 17.2 Å². The Labute approximate surface area is 402 Å². The van der Waals surface area contributed by atoms with Gasteiger partial charge in [-0.3, -0.25) is 38.6 Å². The summed E-state index contributed by atoms with van der Waals surface area (Å²) in [5.41, 5.74) is 3.05. The summed E-state index contributed by atoms with van der Waals surface area (Å²) in [6.45, 7) is 5.62. The number of carbonyl (C=O) groups is 6. The smallest absolute Gasteiger partial charge is 0.262 e. The second-order valence-electron chi connectivity index (χ2n) is 18.0. The van der Waals surface area contributed by atoms with Crippen molar-refractivity contribution in [2.45, 2.75) is 51.0 Å². The number of aromatic nitrogens is 4. The first-order chi connectivity index (χ1) is 33.6. The van der Waals surface area contributed by atoms with Gasteiger partial charge in [-0.15, -0.1) is 0 Å². The van der Waals surface area contributed by atoms with Crippen LogP contribution in [0.25, 0.3) is 11.0 Å². The highest BCUT2D eigenvalue weighted by atomic mass is 35.5. The number of amides is 3. The summed E-state index contributed by atoms with van der Waals surface area (Å²) >= 11 is 6.66. The van der Waals surface area contributed by atoms with E-state index in [4.69, 9.17) is 26.1 Å². The standard InChI is InChI=1S/C52H49ClN8O8/c53-42-27-37(69-35-7-2-1-3-8-35)12-14-39(42)48(64)41-29-55-49-47(41)43(56-31-57-49)24-32-6-4-18-60(30-32)50(65)33-9-16-46(54-28-33)59-21-19-58(20-22-59)17-5-23-68-36-11-13-38-40(26-36)52(67)61(51(38)66)44-15-10-34(62)25-45(44)63/h1-3,7-9,11-14,16,26-29,31-32,44H,4-6,10,15,17-25,30H2,(H,55,56,57)/t32-,44?/m0/s1. The van der Waals surface area contributed by atoms with Gasteiger partial charge in [0.2, 0.25) is 0 Å². The number of fused-ring (bicyclic) bond motifs is 2. The van der Waals surface area contributed by atoms with E-state index in [0.717, 1.165) is 68.4 Å². The molecular formula is C52H49ClN8O8. The van der Waals surface area contributed by atoms with Crippen molar-refractivity contribution >= 4 is 63.5 Å². The van der Waals surface area contributed by atoms with E-state index >= 15 is 0 Å². The minimum absolute atomic E-state index is 0.0675. The molecule has 1 aliphatic carbocycles. The Balaban J connectivity index is 0.691. The minimum atomic E-state index is -0.906. The molecule has 3 amide bonds. The maximum absolute atomic E-state index is 14.0. The Hall–Kier alpha value is -7.30. The predicted octanol–water partition coefficient (Wildman–Crippen LogP) is 7.00. The molecule has 16 nitrogen and oxygen atoms in total. The lowest BCUT2D eigenvalue weighted by molar-refractivity contribution is -0.132. The number of imide groups is 1. The van der Waals surface area contributed by atoms with Crippen molar-refractivity contribution in [2.24, 2.45) is 5.92 Å². The number of benzene rings is 3. The first-order valence-corrected chi connectivity index (χ1v) is 23.8. The summed E-state index contributed by atoms with van der Waals surface area (Å²) < 4.78 is 11.9. The molecule has 17 heteroatoms. The predicted molar refractivity (Wildman–Crippen MR) is 255 cm³/mol. The Kier molecular flexibility index (Phi) is 13.0. The maximum Gasteiger partial charge on any atom is 0.262 e. The zero-order chi connectivity index (χ0) is 47.6. The summed E-state index contributed by atoms with van der Waals surface area (Å²) in [5, 5.41) is 0.919. The van der Waals surface area contributed by atoms with Crippen LogP contribution in [0.15, 0.2) is 97.6 Å². The molecular weight excluding hydrogens is 900 g/mol. The van der Waals surface area contributed by atoms with Crippen LogP contribution in [-0.4, -0.2) is 128 Å². The number of ether oxygens (including phenoxy) is 2. The number of pyridine rings is 1. The zero-order valence-corrected chi connectivity index (χ0v) is 38.5. The van der Waals surface area contributed by atoms with Crippen molar-refractivity contribution < 1.29 is 38.2 Å². The number of hydrogen-bond donors (Lipinski definition) is 1. The lowest BCUT2D eigenvalue weighted by Gasteiger charge is -2.35. The highest BCUT2D eigenvalue weighted by molar-refractivity contribution is 6.35. The van der Waals surface area contributed by atoms with E-state index in [-0.39, 0.29) is 58.8 Å². The highest BCUT2D eigenvalue weighted by Crippen LogP contribution is 2.34. The molecule has 1 N–H and O–H groups in total. The number of Topliss-reactive ketones (excluding diaryl/α,β-unsaturated/α-hetero) is 2. The number of aromatic amines is 1. The molecule has 3 aromatic heterocycles. The number of para-hydroxylation sites is 1. The second kappa shape index (κ2) is 19.7. The third kappa shape index (κ3) is 9.59. The van der Waals surface area contributed by atoms with Gasteiger partial charge in [-0.1, -0.05) is 29.8 Å². The number of nitrogens with one attached hydrogen (secondary N) is 1. The monoisotopic (exact) mass is 948 g/mol. The molecule has 2 saturated heterocycles. The third-order valence-corrected chi connectivity index (χ3v) is 13.8. The molecule has 0 spiro atoms. The fourth-order valence-electron chi connectivity index (χ4n) is 9.87. The van der Waals surface area contributed by atoms with Gasteiger partial charge in [0.05, 0.1) is 57.4 Å². The number of ketones is 3. The maximum atomic E-state index is 14.0. The fraction of sp³-hybridized carbons (Fsp3) is 0.327. The fourth-order valence-corrected chi connectivity index (χ4v) is 10.1. The minimum Gasteiger partial charge on any atom is -0.494 e. The topological polar surface area (TPSA) is 188 Å². The van der Waals surface area contributed by atoms with Gasteiger partial charge in [0.1, 0.15) is 40.8 Å². The van der Waals surface area contributed by atoms with Gasteiger partial charge in [0, 0.05) is 76.3 Å². The van der Waals surface area contributed by atoms with E-state index in [1.807, 2.05) is 47.4 Å². The summed E-state index contributed by atoms with van der Waals surface area (Å²) in [6.07, 6.45) is 7.96. The van der Waals surface area contributed by atoms with Crippen molar-refractivity contribution in [1.82, 2.24) is 34.6 Å². The van der Waals surface area contributed by atoms with E-state index in [2.05, 4.69) is 24.8 Å². The number of piperidine rings is 1. The number of halogens is 1. The first kappa shape index (κ1) is 45.5. The van der Waals surface area contributed by atoms with Gasteiger partial charge < -0.3 is 24.3 Å². The van der Waals surface area contributed by atoms with E-state index in [9.17, 15) is 28.8 Å². The molecule has 0 bridgehead atoms. The SMILES string of the molecule is O=C1CCC(N2C(=O)c3ccc(OCCCN4CCN(c5ccc(C(=O)N6CCC[C@@H](Cc7ncnc8[nH]cc(C(=O)c9ccc(Oc%10ccccc%10)cc9Cl)c78)C6)cn5)CC4)cc3C2=O)C(=O)C1. The van der Waals surface area contributed by atoms with Gasteiger partial charge in [-0.25, -0.2) is 15.0 Å². The van der Waals surface area contributed by atoms with Crippen LogP contribution >= 0.6 is 11.6 Å². The molecule has 2 atom stereocenters. The molecule has 6 heterocycles. The van der Waals surface area contributed by atoms with Crippen LogP contribution in [0.4, 0.5) is 5.82 Å². The Morgan fingerprint density at radius 1 is 0.797 bits per heavy atom. The van der Waals surface area contributed by atoms with Crippen LogP contribution in [0.3, 0.4) is 0 Å². The van der Waals surface area contributed by atoms with Crippen molar-refractivity contribution in [3.05, 3.63) is 136 Å².